The van der Waals surface area contributed by atoms with E-state index in [1.165, 1.54) is 23.9 Å². The van der Waals surface area contributed by atoms with E-state index in [0.29, 0.717) is 11.3 Å². The van der Waals surface area contributed by atoms with Gasteiger partial charge in [0.1, 0.15) is 5.84 Å². The Kier molecular flexibility index (Phi) is 4.69. The van der Waals surface area contributed by atoms with Crippen LogP contribution in [0.25, 0.3) is 0 Å². The van der Waals surface area contributed by atoms with Crippen LogP contribution in [-0.4, -0.2) is 35.3 Å². The number of aryl methyl sites for hydroxylation is 1. The molecule has 8 heteroatoms. The van der Waals surface area contributed by atoms with E-state index >= 15 is 0 Å². The van der Waals surface area contributed by atoms with Crippen molar-refractivity contribution in [3.63, 3.8) is 0 Å². The number of aromatic nitrogens is 2. The first-order valence-electron chi connectivity index (χ1n) is 6.17. The van der Waals surface area contributed by atoms with Crippen LogP contribution in [0.2, 0.25) is 0 Å². The van der Waals surface area contributed by atoms with Gasteiger partial charge in [-0.05, 0) is 12.1 Å². The second-order valence-corrected chi connectivity index (χ2v) is 7.60. The third-order valence-corrected chi connectivity index (χ3v) is 5.90. The lowest BCUT2D eigenvalue weighted by molar-refractivity contribution is 0.597. The Morgan fingerprint density at radius 2 is 2.24 bits per heavy atom. The standard InChI is InChI=1S/C13H16N4O2S2/c1-17-6-5-16-13(17)20-7-8-21(18,19)11-4-2-3-10(9-11)12(14)15/h2-6,9H,7-8H2,1H3,(H3,14,15). The second-order valence-electron chi connectivity index (χ2n) is 4.43. The number of hydrogen-bond acceptors (Lipinski definition) is 5. The van der Waals surface area contributed by atoms with Gasteiger partial charge in [-0.3, -0.25) is 5.41 Å². The van der Waals surface area contributed by atoms with Gasteiger partial charge in [-0.2, -0.15) is 0 Å². The van der Waals surface area contributed by atoms with E-state index < -0.39 is 9.84 Å². The summed E-state index contributed by atoms with van der Waals surface area (Å²) in [6.07, 6.45) is 3.49. The Balaban J connectivity index is 2.06. The van der Waals surface area contributed by atoms with Crippen LogP contribution in [0.3, 0.4) is 0 Å². The Morgan fingerprint density at radius 3 is 2.86 bits per heavy atom. The molecule has 2 rings (SSSR count). The molecule has 1 aromatic carbocycles. The highest BCUT2D eigenvalue weighted by Gasteiger charge is 2.15. The molecule has 6 nitrogen and oxygen atoms in total. The number of nitrogens with one attached hydrogen (secondary N) is 1. The van der Waals surface area contributed by atoms with Crippen molar-refractivity contribution in [2.75, 3.05) is 11.5 Å². The van der Waals surface area contributed by atoms with Gasteiger partial charge < -0.3 is 10.3 Å². The van der Waals surface area contributed by atoms with Crippen molar-refractivity contribution in [2.24, 2.45) is 12.8 Å². The van der Waals surface area contributed by atoms with Crippen molar-refractivity contribution in [1.29, 1.82) is 5.41 Å². The molecule has 0 aliphatic carbocycles. The fourth-order valence-corrected chi connectivity index (χ4v) is 4.33. The molecule has 0 radical (unpaired) electrons. The quantitative estimate of drug-likeness (QED) is 0.473. The maximum Gasteiger partial charge on any atom is 0.179 e. The van der Waals surface area contributed by atoms with Gasteiger partial charge in [0.15, 0.2) is 15.0 Å². The number of nitrogens with zero attached hydrogens (tertiary/aromatic N) is 2. The zero-order chi connectivity index (χ0) is 15.5. The monoisotopic (exact) mass is 324 g/mol. The van der Waals surface area contributed by atoms with Crippen LogP contribution < -0.4 is 5.73 Å². The van der Waals surface area contributed by atoms with Gasteiger partial charge in [-0.15, -0.1) is 0 Å². The van der Waals surface area contributed by atoms with Crippen LogP contribution in [0, 0.1) is 5.41 Å². The van der Waals surface area contributed by atoms with Gasteiger partial charge in [-0.25, -0.2) is 13.4 Å². The van der Waals surface area contributed by atoms with Gasteiger partial charge in [-0.1, -0.05) is 23.9 Å². The highest BCUT2D eigenvalue weighted by atomic mass is 32.2. The lowest BCUT2D eigenvalue weighted by Crippen LogP contribution is -2.14. The Bertz CT molecular complexity index is 753. The van der Waals surface area contributed by atoms with E-state index in [-0.39, 0.29) is 16.5 Å². The molecule has 0 amide bonds. The van der Waals surface area contributed by atoms with Crippen molar-refractivity contribution < 1.29 is 8.42 Å². The molecular formula is C13H16N4O2S2. The number of sulfone groups is 1. The van der Waals surface area contributed by atoms with Crippen molar-refractivity contribution in [1.82, 2.24) is 9.55 Å². The van der Waals surface area contributed by atoms with Gasteiger partial charge in [0.25, 0.3) is 0 Å². The van der Waals surface area contributed by atoms with Crippen LogP contribution >= 0.6 is 11.8 Å². The SMILES string of the molecule is Cn1ccnc1SCCS(=O)(=O)c1cccc(C(=N)N)c1. The minimum atomic E-state index is -3.39. The van der Waals surface area contributed by atoms with Crippen LogP contribution in [0.5, 0.6) is 0 Å². The number of amidine groups is 1. The molecule has 1 aromatic heterocycles. The predicted molar refractivity (Wildman–Crippen MR) is 83.4 cm³/mol. The van der Waals surface area contributed by atoms with Gasteiger partial charge >= 0.3 is 0 Å². The summed E-state index contributed by atoms with van der Waals surface area (Å²) < 4.78 is 26.4. The molecule has 0 aliphatic rings. The zero-order valence-electron chi connectivity index (χ0n) is 11.5. The summed E-state index contributed by atoms with van der Waals surface area (Å²) in [6, 6.07) is 6.16. The van der Waals surface area contributed by atoms with E-state index in [2.05, 4.69) is 4.98 Å². The number of hydrogen-bond donors (Lipinski definition) is 2. The largest absolute Gasteiger partial charge is 0.384 e. The molecule has 0 saturated carbocycles. The van der Waals surface area contributed by atoms with E-state index in [4.69, 9.17) is 11.1 Å². The van der Waals surface area contributed by atoms with Gasteiger partial charge in [0.2, 0.25) is 0 Å². The van der Waals surface area contributed by atoms with Crippen LogP contribution in [0.15, 0.2) is 46.7 Å². The molecule has 0 spiro atoms. The number of imidazole rings is 1. The number of rotatable bonds is 6. The Hall–Kier alpha value is -1.80. The summed E-state index contributed by atoms with van der Waals surface area (Å²) in [4.78, 5) is 4.32. The Morgan fingerprint density at radius 1 is 1.48 bits per heavy atom. The van der Waals surface area contributed by atoms with Crippen molar-refractivity contribution in [3.05, 3.63) is 42.2 Å². The molecule has 0 atom stereocenters. The van der Waals surface area contributed by atoms with Gasteiger partial charge in [0, 0.05) is 30.8 Å². The maximum absolute atomic E-state index is 12.3. The van der Waals surface area contributed by atoms with Crippen LogP contribution in [0.1, 0.15) is 5.56 Å². The molecule has 21 heavy (non-hydrogen) atoms. The number of nitrogen functional groups attached to an aromatic ring is 1. The number of thioether (sulfide) groups is 1. The Labute approximate surface area is 127 Å². The summed E-state index contributed by atoms with van der Waals surface area (Å²) in [5.41, 5.74) is 5.79. The highest BCUT2D eigenvalue weighted by Crippen LogP contribution is 2.18. The number of benzene rings is 1. The maximum atomic E-state index is 12.3. The minimum absolute atomic E-state index is 0.00584. The fourth-order valence-electron chi connectivity index (χ4n) is 1.71. The fraction of sp³-hybridized carbons (Fsp3) is 0.231. The van der Waals surface area contributed by atoms with Gasteiger partial charge in [0.05, 0.1) is 10.6 Å². The van der Waals surface area contributed by atoms with Crippen LogP contribution in [-0.2, 0) is 16.9 Å². The first-order chi connectivity index (χ1) is 9.90. The smallest absolute Gasteiger partial charge is 0.179 e. The summed E-state index contributed by atoms with van der Waals surface area (Å²) in [5.74, 6) is 0.276. The zero-order valence-corrected chi connectivity index (χ0v) is 13.1. The van der Waals surface area contributed by atoms with E-state index in [1.54, 1.807) is 18.3 Å². The van der Waals surface area contributed by atoms with E-state index in [1.807, 2.05) is 17.8 Å². The third-order valence-electron chi connectivity index (χ3n) is 2.86. The first kappa shape index (κ1) is 15.6. The molecule has 1 heterocycles. The average Bonchev–Trinajstić information content (AvgIpc) is 2.84. The molecule has 112 valence electrons. The van der Waals surface area contributed by atoms with E-state index in [0.717, 1.165) is 5.16 Å². The van der Waals surface area contributed by atoms with Crippen molar-refractivity contribution >= 4 is 27.4 Å². The molecule has 0 unspecified atom stereocenters. The molecule has 3 N–H and O–H groups in total. The lowest BCUT2D eigenvalue weighted by Gasteiger charge is -2.06. The predicted octanol–water partition coefficient (Wildman–Crippen LogP) is 1.27. The molecule has 0 fully saturated rings. The topological polar surface area (TPSA) is 102 Å². The minimum Gasteiger partial charge on any atom is -0.384 e. The molecule has 0 bridgehead atoms. The molecular weight excluding hydrogens is 308 g/mol. The lowest BCUT2D eigenvalue weighted by atomic mass is 10.2. The second kappa shape index (κ2) is 6.31. The first-order valence-corrected chi connectivity index (χ1v) is 8.81. The third kappa shape index (κ3) is 3.85. The summed E-state index contributed by atoms with van der Waals surface area (Å²) in [6.45, 7) is 0. The molecule has 0 aliphatic heterocycles. The average molecular weight is 324 g/mol. The van der Waals surface area contributed by atoms with Crippen LogP contribution in [0.4, 0.5) is 0 Å². The highest BCUT2D eigenvalue weighted by molar-refractivity contribution is 8.00. The van der Waals surface area contributed by atoms with E-state index in [9.17, 15) is 8.42 Å². The summed E-state index contributed by atoms with van der Waals surface area (Å²) in [5, 5.41) is 8.14. The molecule has 0 saturated heterocycles. The van der Waals surface area contributed by atoms with Crippen molar-refractivity contribution in [3.8, 4) is 0 Å². The summed E-state index contributed by atoms with van der Waals surface area (Å²) >= 11 is 1.39. The number of nitrogens with two attached hydrogens (primary N) is 1. The molecule has 2 aromatic rings. The van der Waals surface area contributed by atoms with Crippen molar-refractivity contribution in [2.45, 2.75) is 10.1 Å². The normalized spacial score (nSPS) is 11.5. The summed E-state index contributed by atoms with van der Waals surface area (Å²) in [7, 11) is -1.53.